The fraction of sp³-hybridized carbons (Fsp3) is 0.286. The first-order valence-electron chi connectivity index (χ1n) is 4.24. The summed E-state index contributed by atoms with van der Waals surface area (Å²) >= 11 is 4.90. The number of hydrogen-bond acceptors (Lipinski definition) is 6. The van der Waals surface area contributed by atoms with Crippen molar-refractivity contribution in [1.29, 1.82) is 0 Å². The average Bonchev–Trinajstić information content (AvgIpc) is 2.74. The second-order valence-corrected chi connectivity index (χ2v) is 3.15. The maximum Gasteiger partial charge on any atom is 0.184 e. The molecule has 2 heterocycles. The zero-order chi connectivity index (χ0) is 10.7. The summed E-state index contributed by atoms with van der Waals surface area (Å²) in [7, 11) is 1.72. The van der Waals surface area contributed by atoms with Crippen LogP contribution in [0, 0.1) is 0 Å². The summed E-state index contributed by atoms with van der Waals surface area (Å²) < 4.78 is 0. The Morgan fingerprint density at radius 3 is 3.07 bits per heavy atom. The first-order chi connectivity index (χ1) is 7.31. The van der Waals surface area contributed by atoms with Crippen LogP contribution >= 0.6 is 12.2 Å². The number of thiocarbonyl (C=S) groups is 1. The zero-order valence-corrected chi connectivity index (χ0v) is 8.75. The third-order valence-electron chi connectivity index (χ3n) is 1.83. The van der Waals surface area contributed by atoms with Gasteiger partial charge in [0.15, 0.2) is 22.8 Å². The molecule has 0 aromatic carbocycles. The summed E-state index contributed by atoms with van der Waals surface area (Å²) in [5, 5.41) is 3.24. The molecule has 0 saturated carbocycles. The van der Waals surface area contributed by atoms with Crippen LogP contribution < -0.4 is 16.2 Å². The van der Waals surface area contributed by atoms with E-state index < -0.39 is 0 Å². The van der Waals surface area contributed by atoms with Gasteiger partial charge >= 0.3 is 0 Å². The van der Waals surface area contributed by atoms with E-state index in [1.54, 1.807) is 7.05 Å². The van der Waals surface area contributed by atoms with Crippen LogP contribution in [0.15, 0.2) is 20.0 Å². The van der Waals surface area contributed by atoms with E-state index in [4.69, 9.17) is 12.2 Å². The van der Waals surface area contributed by atoms with Crippen molar-refractivity contribution in [2.75, 3.05) is 7.05 Å². The third-order valence-corrected chi connectivity index (χ3v) is 2.13. The highest BCUT2D eigenvalue weighted by molar-refractivity contribution is 7.80. The molecule has 0 bridgehead atoms. The van der Waals surface area contributed by atoms with Crippen LogP contribution in [0.1, 0.15) is 0 Å². The number of amidine groups is 2. The maximum atomic E-state index is 4.90. The molecule has 2 aliphatic heterocycles. The van der Waals surface area contributed by atoms with Gasteiger partial charge < -0.3 is 5.32 Å². The molecule has 15 heavy (non-hydrogen) atoms. The summed E-state index contributed by atoms with van der Waals surface area (Å²) in [4.78, 5) is 16.1. The monoisotopic (exact) mass is 223 g/mol. The molecule has 7 nitrogen and oxygen atoms in total. The van der Waals surface area contributed by atoms with Crippen molar-refractivity contribution in [2.45, 2.75) is 6.04 Å². The Morgan fingerprint density at radius 1 is 1.40 bits per heavy atom. The Kier molecular flexibility index (Phi) is 2.68. The van der Waals surface area contributed by atoms with Crippen molar-refractivity contribution < 1.29 is 0 Å². The normalized spacial score (nSPS) is 21.5. The van der Waals surface area contributed by atoms with Crippen LogP contribution in [0.25, 0.3) is 0 Å². The maximum absolute atomic E-state index is 4.90. The van der Waals surface area contributed by atoms with Crippen LogP contribution in [-0.4, -0.2) is 42.6 Å². The number of nitrogens with zero attached hydrogens (tertiary/aromatic N) is 4. The molecule has 0 amide bonds. The van der Waals surface area contributed by atoms with E-state index in [9.17, 15) is 0 Å². The van der Waals surface area contributed by atoms with Crippen LogP contribution in [0.5, 0.6) is 0 Å². The molecular weight excluding hydrogens is 214 g/mol. The molecule has 0 radical (unpaired) electrons. The molecule has 2 rings (SSSR count). The highest BCUT2D eigenvalue weighted by Crippen LogP contribution is 2.06. The Balaban J connectivity index is 2.00. The standard InChI is InChI=1S/C7H9N7S/c1-8-7(15)14-13-6-4-5(10-2-9-4)11-3-12-6/h2-4H,1H3,(H2,8,14,15)(H,9,10,11,12,13). The Bertz CT molecular complexity index is 394. The predicted octanol–water partition coefficient (Wildman–Crippen LogP) is -1.17. The average molecular weight is 223 g/mol. The van der Waals surface area contributed by atoms with E-state index in [2.05, 4.69) is 36.1 Å². The topological polar surface area (TPSA) is 85.5 Å². The van der Waals surface area contributed by atoms with Crippen molar-refractivity contribution in [2.24, 2.45) is 20.0 Å². The summed E-state index contributed by atoms with van der Waals surface area (Å²) in [6.45, 7) is 0. The number of nitrogens with one attached hydrogen (secondary N) is 3. The largest absolute Gasteiger partial charge is 0.364 e. The molecule has 0 spiro atoms. The number of fused-ring (bicyclic) bond motifs is 1. The third kappa shape index (κ3) is 1.99. The van der Waals surface area contributed by atoms with E-state index in [0.717, 1.165) is 0 Å². The lowest BCUT2D eigenvalue weighted by Gasteiger charge is -2.17. The number of aliphatic imine (C=N–C) groups is 4. The summed E-state index contributed by atoms with van der Waals surface area (Å²) in [5.41, 5.74) is 5.62. The van der Waals surface area contributed by atoms with Gasteiger partial charge in [-0.1, -0.05) is 0 Å². The van der Waals surface area contributed by atoms with Crippen molar-refractivity contribution in [1.82, 2.24) is 16.2 Å². The predicted molar refractivity (Wildman–Crippen MR) is 63.6 cm³/mol. The molecule has 2 aliphatic rings. The molecule has 3 N–H and O–H groups in total. The highest BCUT2D eigenvalue weighted by atomic mass is 32.1. The van der Waals surface area contributed by atoms with Gasteiger partial charge in [-0.2, -0.15) is 0 Å². The van der Waals surface area contributed by atoms with Gasteiger partial charge in [0.25, 0.3) is 0 Å². The van der Waals surface area contributed by atoms with Gasteiger partial charge in [0.2, 0.25) is 0 Å². The minimum atomic E-state index is -0.248. The fourth-order valence-electron chi connectivity index (χ4n) is 1.10. The van der Waals surface area contributed by atoms with Crippen LogP contribution in [-0.2, 0) is 0 Å². The molecule has 8 heteroatoms. The van der Waals surface area contributed by atoms with Gasteiger partial charge in [-0.25, -0.2) is 15.0 Å². The highest BCUT2D eigenvalue weighted by Gasteiger charge is 2.25. The van der Waals surface area contributed by atoms with Crippen molar-refractivity contribution in [3.8, 4) is 0 Å². The van der Waals surface area contributed by atoms with Crippen molar-refractivity contribution in [3.63, 3.8) is 0 Å². The Morgan fingerprint density at radius 2 is 2.27 bits per heavy atom. The van der Waals surface area contributed by atoms with E-state index in [1.165, 1.54) is 12.7 Å². The molecule has 0 aliphatic carbocycles. The lowest BCUT2D eigenvalue weighted by Crippen LogP contribution is -2.50. The Labute approximate surface area is 91.5 Å². The number of rotatable bonds is 0. The summed E-state index contributed by atoms with van der Waals surface area (Å²) in [5.74, 6) is 1.25. The molecule has 0 saturated heterocycles. The second kappa shape index (κ2) is 4.13. The van der Waals surface area contributed by atoms with E-state index in [0.29, 0.717) is 16.8 Å². The number of hydrogen-bond donors (Lipinski definition) is 3. The smallest absolute Gasteiger partial charge is 0.184 e. The minimum absolute atomic E-state index is 0.248. The van der Waals surface area contributed by atoms with Gasteiger partial charge in [-0.05, 0) is 12.2 Å². The lowest BCUT2D eigenvalue weighted by molar-refractivity contribution is 0.819. The van der Waals surface area contributed by atoms with E-state index >= 15 is 0 Å². The second-order valence-electron chi connectivity index (χ2n) is 2.74. The van der Waals surface area contributed by atoms with Gasteiger partial charge in [0.05, 0.1) is 0 Å². The van der Waals surface area contributed by atoms with Crippen LogP contribution in [0.3, 0.4) is 0 Å². The summed E-state index contributed by atoms with van der Waals surface area (Å²) in [6, 6.07) is -0.248. The fourth-order valence-corrected chi connectivity index (χ4v) is 1.15. The first kappa shape index (κ1) is 9.71. The van der Waals surface area contributed by atoms with Gasteiger partial charge in [-0.15, -0.1) is 0 Å². The molecule has 0 aromatic heterocycles. The zero-order valence-electron chi connectivity index (χ0n) is 7.93. The minimum Gasteiger partial charge on any atom is -0.364 e. The molecule has 0 aromatic rings. The lowest BCUT2D eigenvalue weighted by atomic mass is 10.2. The first-order valence-corrected chi connectivity index (χ1v) is 4.65. The van der Waals surface area contributed by atoms with Crippen LogP contribution in [0.2, 0.25) is 0 Å². The molecule has 0 fully saturated rings. The number of hydrazine groups is 1. The SMILES string of the molecule is CNC(=S)NNC1=NC=NC2=NC=NC21. The Hall–Kier alpha value is -1.83. The van der Waals surface area contributed by atoms with Crippen molar-refractivity contribution in [3.05, 3.63) is 0 Å². The summed E-state index contributed by atoms with van der Waals surface area (Å²) in [6.07, 6.45) is 2.90. The van der Waals surface area contributed by atoms with E-state index in [1.807, 2.05) is 0 Å². The van der Waals surface area contributed by atoms with E-state index in [-0.39, 0.29) is 6.04 Å². The van der Waals surface area contributed by atoms with Gasteiger partial charge in [0.1, 0.15) is 12.7 Å². The van der Waals surface area contributed by atoms with Crippen LogP contribution in [0.4, 0.5) is 0 Å². The quantitative estimate of drug-likeness (QED) is 0.357. The van der Waals surface area contributed by atoms with Gasteiger partial charge in [0, 0.05) is 7.05 Å². The molecular formula is C7H9N7S. The molecule has 78 valence electrons. The van der Waals surface area contributed by atoms with Crippen molar-refractivity contribution >= 4 is 41.7 Å². The van der Waals surface area contributed by atoms with Gasteiger partial charge in [-0.3, -0.25) is 15.8 Å². The molecule has 1 atom stereocenters. The molecule has 1 unspecified atom stereocenters.